The maximum absolute atomic E-state index is 15.3. The first-order valence-electron chi connectivity index (χ1n) is 12.9. The molecule has 0 bridgehead atoms. The first-order valence-corrected chi connectivity index (χ1v) is 12.9. The van der Waals surface area contributed by atoms with Crippen molar-refractivity contribution in [2.75, 3.05) is 43.0 Å². The average Bonchev–Trinajstić information content (AvgIpc) is 2.96. The van der Waals surface area contributed by atoms with E-state index in [1.165, 1.54) is 12.3 Å². The van der Waals surface area contributed by atoms with Gasteiger partial charge in [-0.2, -0.15) is 5.10 Å². The number of benzene rings is 3. The number of rotatable bonds is 8. The number of para-hydroxylation sites is 1. The molecule has 0 radical (unpaired) electrons. The van der Waals surface area contributed by atoms with Crippen molar-refractivity contribution in [2.45, 2.75) is 13.5 Å². The summed E-state index contributed by atoms with van der Waals surface area (Å²) >= 11 is 0. The number of nitrogens with zero attached hydrogens (tertiary/aromatic N) is 4. The Kier molecular flexibility index (Phi) is 7.69. The molecule has 0 atom stereocenters. The number of aromatic nitrogens is 1. The fourth-order valence-electron chi connectivity index (χ4n) is 4.88. The minimum Gasteiger partial charge on any atom is -0.477 e. The molecule has 1 aliphatic heterocycles. The van der Waals surface area contributed by atoms with Crippen LogP contribution in [0.1, 0.15) is 22.8 Å². The van der Waals surface area contributed by atoms with Gasteiger partial charge in [-0.1, -0.05) is 48.5 Å². The molecule has 0 spiro atoms. The number of pyridine rings is 1. The van der Waals surface area contributed by atoms with Crippen molar-refractivity contribution in [1.29, 1.82) is 0 Å². The number of hydrogen-bond acceptors (Lipinski definition) is 6. The zero-order valence-electron chi connectivity index (χ0n) is 21.7. The Morgan fingerprint density at radius 2 is 1.67 bits per heavy atom. The van der Waals surface area contributed by atoms with Crippen LogP contribution < -0.4 is 15.8 Å². The highest BCUT2D eigenvalue weighted by atomic mass is 19.1. The summed E-state index contributed by atoms with van der Waals surface area (Å²) in [6, 6.07) is 22.7. The molecule has 39 heavy (non-hydrogen) atoms. The average molecular weight is 528 g/mol. The Morgan fingerprint density at radius 3 is 2.31 bits per heavy atom. The zero-order chi connectivity index (χ0) is 27.4. The van der Waals surface area contributed by atoms with Crippen LogP contribution in [-0.4, -0.2) is 59.0 Å². The lowest BCUT2D eigenvalue weighted by molar-refractivity contribution is 0.0695. The van der Waals surface area contributed by atoms with Gasteiger partial charge in [0.1, 0.15) is 11.4 Å². The number of anilines is 2. The minimum atomic E-state index is -1.32. The van der Waals surface area contributed by atoms with E-state index in [-0.39, 0.29) is 10.9 Å². The lowest BCUT2D eigenvalue weighted by atomic mass is 10.1. The van der Waals surface area contributed by atoms with Crippen LogP contribution in [0.4, 0.5) is 15.8 Å². The fraction of sp³-hybridized carbons (Fsp3) is 0.233. The summed E-state index contributed by atoms with van der Waals surface area (Å²) < 4.78 is 16.9. The van der Waals surface area contributed by atoms with Gasteiger partial charge in [-0.3, -0.25) is 15.1 Å². The topological polar surface area (TPSA) is 90.2 Å². The number of piperazine rings is 1. The molecule has 1 fully saturated rings. The van der Waals surface area contributed by atoms with Crippen molar-refractivity contribution in [3.63, 3.8) is 0 Å². The maximum Gasteiger partial charge on any atom is 0.341 e. The van der Waals surface area contributed by atoms with Gasteiger partial charge in [0, 0.05) is 50.9 Å². The molecule has 9 heteroatoms. The first-order chi connectivity index (χ1) is 18.9. The Morgan fingerprint density at radius 1 is 1.00 bits per heavy atom. The molecule has 2 N–H and O–H groups in total. The number of carboxylic acid groups (broad SMARTS) is 1. The number of halogens is 1. The van der Waals surface area contributed by atoms with Crippen molar-refractivity contribution in [1.82, 2.24) is 9.47 Å². The minimum absolute atomic E-state index is 0.0752. The highest BCUT2D eigenvalue weighted by molar-refractivity contribution is 6.02. The number of aryl methyl sites for hydroxylation is 1. The van der Waals surface area contributed by atoms with Gasteiger partial charge in [0.15, 0.2) is 0 Å². The van der Waals surface area contributed by atoms with E-state index in [2.05, 4.69) is 10.3 Å². The van der Waals surface area contributed by atoms with Crippen molar-refractivity contribution in [3.05, 3.63) is 106 Å². The molecule has 1 aromatic heterocycles. The molecule has 0 saturated carbocycles. The van der Waals surface area contributed by atoms with E-state index in [0.29, 0.717) is 50.5 Å². The second-order valence-electron chi connectivity index (χ2n) is 9.45. The van der Waals surface area contributed by atoms with Crippen molar-refractivity contribution < 1.29 is 14.3 Å². The van der Waals surface area contributed by atoms with Crippen LogP contribution >= 0.6 is 0 Å². The third-order valence-corrected chi connectivity index (χ3v) is 7.01. The second-order valence-corrected chi connectivity index (χ2v) is 9.45. The Labute approximate surface area is 225 Å². The number of hydrazone groups is 1. The molecule has 2 heterocycles. The van der Waals surface area contributed by atoms with E-state index >= 15 is 4.39 Å². The van der Waals surface area contributed by atoms with Gasteiger partial charge in [0.25, 0.3) is 0 Å². The van der Waals surface area contributed by atoms with Crippen LogP contribution in [0.25, 0.3) is 10.9 Å². The van der Waals surface area contributed by atoms with Gasteiger partial charge in [0.2, 0.25) is 5.43 Å². The van der Waals surface area contributed by atoms with Crippen LogP contribution in [0, 0.1) is 5.82 Å². The van der Waals surface area contributed by atoms with Crippen LogP contribution in [0.15, 0.2) is 88.9 Å². The Balaban J connectivity index is 1.35. The Hall–Kier alpha value is -4.50. The third kappa shape index (κ3) is 5.68. The molecule has 1 saturated heterocycles. The van der Waals surface area contributed by atoms with Gasteiger partial charge in [-0.25, -0.2) is 9.18 Å². The van der Waals surface area contributed by atoms with E-state index in [1.807, 2.05) is 72.5 Å². The fourth-order valence-corrected chi connectivity index (χ4v) is 4.88. The summed E-state index contributed by atoms with van der Waals surface area (Å²) in [5.41, 5.74) is 5.90. The lowest BCUT2D eigenvalue weighted by Gasteiger charge is -2.36. The standard InChI is InChI=1S/C30H30FN5O3/c1-2-35-19-24(30(38)39)29(37)23-17-25(31)28(18-27(23)35)36-15-13-34(14-16-36)20-26(21-9-5-3-6-10-21)33-32-22-11-7-4-8-12-22/h3-12,17-19,32H,2,13-16,20H2,1H3,(H,38,39)/b33-26+. The van der Waals surface area contributed by atoms with Crippen LogP contribution in [0.2, 0.25) is 0 Å². The van der Waals surface area contributed by atoms with E-state index in [1.54, 1.807) is 10.6 Å². The van der Waals surface area contributed by atoms with Crippen molar-refractivity contribution >= 4 is 34.0 Å². The molecule has 4 aromatic rings. The summed E-state index contributed by atoms with van der Waals surface area (Å²) in [5.74, 6) is -1.85. The van der Waals surface area contributed by atoms with Crippen molar-refractivity contribution in [3.8, 4) is 0 Å². The number of fused-ring (bicyclic) bond motifs is 1. The van der Waals surface area contributed by atoms with Crippen molar-refractivity contribution in [2.24, 2.45) is 5.10 Å². The monoisotopic (exact) mass is 527 g/mol. The molecule has 0 aliphatic carbocycles. The second kappa shape index (κ2) is 11.5. The van der Waals surface area contributed by atoms with Crippen LogP contribution in [-0.2, 0) is 6.54 Å². The first kappa shape index (κ1) is 26.1. The van der Waals surface area contributed by atoms with E-state index in [0.717, 1.165) is 17.0 Å². The summed E-state index contributed by atoms with van der Waals surface area (Å²) in [6.07, 6.45) is 1.33. The van der Waals surface area contributed by atoms with E-state index in [4.69, 9.17) is 5.10 Å². The number of aromatic carboxylic acids is 1. The normalized spacial score (nSPS) is 14.5. The molecular weight excluding hydrogens is 497 g/mol. The number of carboxylic acids is 1. The third-order valence-electron chi connectivity index (χ3n) is 7.01. The van der Waals surface area contributed by atoms with E-state index < -0.39 is 17.2 Å². The largest absolute Gasteiger partial charge is 0.477 e. The molecule has 1 aliphatic rings. The van der Waals surface area contributed by atoms with Gasteiger partial charge in [-0.15, -0.1) is 0 Å². The molecular formula is C30H30FN5O3. The summed E-state index contributed by atoms with van der Waals surface area (Å²) in [4.78, 5) is 28.5. The van der Waals surface area contributed by atoms with E-state index in [9.17, 15) is 14.7 Å². The number of nitrogens with one attached hydrogen (secondary N) is 1. The molecule has 5 rings (SSSR count). The van der Waals surface area contributed by atoms with Gasteiger partial charge in [0.05, 0.1) is 22.6 Å². The molecule has 3 aromatic carbocycles. The Bertz CT molecular complexity index is 1560. The highest BCUT2D eigenvalue weighted by Crippen LogP contribution is 2.26. The van der Waals surface area contributed by atoms with Crippen LogP contribution in [0.3, 0.4) is 0 Å². The SMILES string of the molecule is CCn1cc(C(=O)O)c(=O)c2cc(F)c(N3CCN(C/C(=N\Nc4ccccc4)c4ccccc4)CC3)cc21. The smallest absolute Gasteiger partial charge is 0.341 e. The van der Waals surface area contributed by atoms with Gasteiger partial charge < -0.3 is 14.6 Å². The number of hydrogen-bond donors (Lipinski definition) is 2. The van der Waals surface area contributed by atoms with Gasteiger partial charge in [-0.05, 0) is 36.8 Å². The molecule has 0 unspecified atom stereocenters. The molecule has 200 valence electrons. The summed E-state index contributed by atoms with van der Waals surface area (Å²) in [7, 11) is 0. The molecule has 8 nitrogen and oxygen atoms in total. The lowest BCUT2D eigenvalue weighted by Crippen LogP contribution is -2.48. The predicted molar refractivity (Wildman–Crippen MR) is 152 cm³/mol. The number of carbonyl (C=O) groups is 1. The summed E-state index contributed by atoms with van der Waals surface area (Å²) in [6.45, 7) is 5.54. The van der Waals surface area contributed by atoms with Gasteiger partial charge >= 0.3 is 5.97 Å². The summed E-state index contributed by atoms with van der Waals surface area (Å²) in [5, 5.41) is 14.2. The maximum atomic E-state index is 15.3. The quantitative estimate of drug-likeness (QED) is 0.259. The zero-order valence-corrected chi connectivity index (χ0v) is 21.7. The predicted octanol–water partition coefficient (Wildman–Crippen LogP) is 4.50. The highest BCUT2D eigenvalue weighted by Gasteiger charge is 2.23. The molecule has 0 amide bonds. The van der Waals surface area contributed by atoms with Crippen LogP contribution in [0.5, 0.6) is 0 Å².